The molecule has 0 saturated heterocycles. The van der Waals surface area contributed by atoms with Crippen LogP contribution in [0.3, 0.4) is 0 Å². The summed E-state index contributed by atoms with van der Waals surface area (Å²) in [6.45, 7) is 1.44. The number of methoxy groups -OCH3 is 1. The van der Waals surface area contributed by atoms with Crippen LogP contribution in [0.2, 0.25) is 0 Å². The highest BCUT2D eigenvalue weighted by Gasteiger charge is 2.22. The maximum Gasteiger partial charge on any atom is 0.308 e. The van der Waals surface area contributed by atoms with Crippen LogP contribution in [0.5, 0.6) is 5.75 Å². The number of carbonyl (C=O) groups is 3. The van der Waals surface area contributed by atoms with Gasteiger partial charge in [-0.2, -0.15) is 0 Å². The van der Waals surface area contributed by atoms with Crippen molar-refractivity contribution in [1.82, 2.24) is 5.32 Å². The van der Waals surface area contributed by atoms with Crippen molar-refractivity contribution in [2.24, 2.45) is 0 Å². The van der Waals surface area contributed by atoms with Gasteiger partial charge in [-0.15, -0.1) is 0 Å². The quantitative estimate of drug-likeness (QED) is 0.736. The SMILES string of the molecule is COc1ccc(C(=O)NC(CC(=O)OCc2ccccc2)C(C)=O)cc1. The average molecular weight is 355 g/mol. The van der Waals surface area contributed by atoms with Crippen LogP contribution < -0.4 is 10.1 Å². The smallest absolute Gasteiger partial charge is 0.308 e. The summed E-state index contributed by atoms with van der Waals surface area (Å²) < 4.78 is 10.2. The third kappa shape index (κ3) is 5.73. The Labute approximate surface area is 152 Å². The van der Waals surface area contributed by atoms with Gasteiger partial charge in [0, 0.05) is 5.56 Å². The fraction of sp³-hybridized carbons (Fsp3) is 0.250. The first-order chi connectivity index (χ1) is 12.5. The Kier molecular flexibility index (Phi) is 6.91. The number of hydrogen-bond acceptors (Lipinski definition) is 5. The van der Waals surface area contributed by atoms with E-state index >= 15 is 0 Å². The van der Waals surface area contributed by atoms with Crippen molar-refractivity contribution in [3.63, 3.8) is 0 Å². The van der Waals surface area contributed by atoms with Crippen molar-refractivity contribution in [1.29, 1.82) is 0 Å². The first kappa shape index (κ1) is 19.2. The van der Waals surface area contributed by atoms with Crippen molar-refractivity contribution in [3.8, 4) is 5.75 Å². The molecule has 1 atom stereocenters. The maximum absolute atomic E-state index is 12.3. The highest BCUT2D eigenvalue weighted by Crippen LogP contribution is 2.12. The second-order valence-corrected chi connectivity index (χ2v) is 5.72. The molecule has 0 fully saturated rings. The van der Waals surface area contributed by atoms with Crippen LogP contribution in [0.25, 0.3) is 0 Å². The Hall–Kier alpha value is -3.15. The number of hydrogen-bond donors (Lipinski definition) is 1. The minimum Gasteiger partial charge on any atom is -0.497 e. The molecular weight excluding hydrogens is 334 g/mol. The van der Waals surface area contributed by atoms with Gasteiger partial charge >= 0.3 is 5.97 Å². The van der Waals surface area contributed by atoms with Gasteiger partial charge in [0.1, 0.15) is 12.4 Å². The molecule has 0 aliphatic carbocycles. The summed E-state index contributed by atoms with van der Waals surface area (Å²) in [6, 6.07) is 14.7. The van der Waals surface area contributed by atoms with E-state index in [0.717, 1.165) is 5.56 Å². The molecular formula is C20H21NO5. The molecule has 2 rings (SSSR count). The van der Waals surface area contributed by atoms with Gasteiger partial charge in [-0.25, -0.2) is 0 Å². The number of rotatable bonds is 8. The van der Waals surface area contributed by atoms with E-state index in [4.69, 9.17) is 9.47 Å². The van der Waals surface area contributed by atoms with Gasteiger partial charge < -0.3 is 14.8 Å². The Morgan fingerprint density at radius 1 is 1.00 bits per heavy atom. The van der Waals surface area contributed by atoms with E-state index in [2.05, 4.69) is 5.32 Å². The lowest BCUT2D eigenvalue weighted by molar-refractivity contribution is -0.146. The largest absolute Gasteiger partial charge is 0.497 e. The molecule has 26 heavy (non-hydrogen) atoms. The Balaban J connectivity index is 1.91. The lowest BCUT2D eigenvalue weighted by Crippen LogP contribution is -2.41. The maximum atomic E-state index is 12.3. The fourth-order valence-electron chi connectivity index (χ4n) is 2.24. The molecule has 1 N–H and O–H groups in total. The minimum absolute atomic E-state index is 0.122. The molecule has 6 nitrogen and oxygen atoms in total. The number of Topliss-reactive ketones (excluding diaryl/α,β-unsaturated/α-hetero) is 1. The molecule has 0 aromatic heterocycles. The fourth-order valence-corrected chi connectivity index (χ4v) is 2.24. The van der Waals surface area contributed by atoms with Crippen molar-refractivity contribution < 1.29 is 23.9 Å². The average Bonchev–Trinajstić information content (AvgIpc) is 2.66. The van der Waals surface area contributed by atoms with Gasteiger partial charge in [-0.05, 0) is 36.8 Å². The summed E-state index contributed by atoms with van der Waals surface area (Å²) in [5, 5.41) is 2.57. The van der Waals surface area contributed by atoms with Gasteiger partial charge in [0.15, 0.2) is 5.78 Å². The van der Waals surface area contributed by atoms with Gasteiger partial charge in [0.25, 0.3) is 5.91 Å². The molecule has 1 unspecified atom stereocenters. The molecule has 136 valence electrons. The molecule has 0 aliphatic rings. The second-order valence-electron chi connectivity index (χ2n) is 5.72. The van der Waals surface area contributed by atoms with Crippen LogP contribution in [0.15, 0.2) is 54.6 Å². The van der Waals surface area contributed by atoms with Crippen LogP contribution in [-0.4, -0.2) is 30.8 Å². The normalized spacial score (nSPS) is 11.3. The number of esters is 1. The van der Waals surface area contributed by atoms with Crippen molar-refractivity contribution >= 4 is 17.7 Å². The zero-order chi connectivity index (χ0) is 18.9. The first-order valence-electron chi connectivity index (χ1n) is 8.14. The molecule has 0 aliphatic heterocycles. The number of carbonyl (C=O) groups excluding carboxylic acids is 3. The Bertz CT molecular complexity index is 756. The van der Waals surface area contributed by atoms with Crippen molar-refractivity contribution in [2.45, 2.75) is 26.0 Å². The monoisotopic (exact) mass is 355 g/mol. The second kappa shape index (κ2) is 9.36. The van der Waals surface area contributed by atoms with Crippen LogP contribution in [0.4, 0.5) is 0 Å². The van der Waals surface area contributed by atoms with Crippen LogP contribution in [0, 0.1) is 0 Å². The van der Waals surface area contributed by atoms with E-state index < -0.39 is 17.9 Å². The van der Waals surface area contributed by atoms with E-state index in [0.29, 0.717) is 11.3 Å². The molecule has 0 saturated carbocycles. The zero-order valence-corrected chi connectivity index (χ0v) is 14.7. The molecule has 2 aromatic carbocycles. The summed E-state index contributed by atoms with van der Waals surface area (Å²) in [7, 11) is 1.53. The molecule has 6 heteroatoms. The van der Waals surface area contributed by atoms with Crippen molar-refractivity contribution in [2.75, 3.05) is 7.11 Å². The highest BCUT2D eigenvalue weighted by molar-refractivity contribution is 5.98. The predicted molar refractivity (Wildman–Crippen MR) is 95.8 cm³/mol. The third-order valence-electron chi connectivity index (χ3n) is 3.76. The van der Waals surface area contributed by atoms with Crippen LogP contribution >= 0.6 is 0 Å². The summed E-state index contributed by atoms with van der Waals surface area (Å²) >= 11 is 0. The molecule has 0 radical (unpaired) electrons. The molecule has 0 heterocycles. The topological polar surface area (TPSA) is 81.7 Å². The Morgan fingerprint density at radius 3 is 2.23 bits per heavy atom. The minimum atomic E-state index is -0.937. The predicted octanol–water partition coefficient (Wildman–Crippen LogP) is 2.52. The molecule has 2 aromatic rings. The van der Waals surface area contributed by atoms with Gasteiger partial charge in [-0.1, -0.05) is 30.3 Å². The molecule has 0 spiro atoms. The van der Waals surface area contributed by atoms with Crippen molar-refractivity contribution in [3.05, 3.63) is 65.7 Å². The standard InChI is InChI=1S/C20H21NO5/c1-14(22)18(12-19(23)26-13-15-6-4-3-5-7-15)21-20(24)16-8-10-17(25-2)11-9-16/h3-11,18H,12-13H2,1-2H3,(H,21,24). The Morgan fingerprint density at radius 2 is 1.65 bits per heavy atom. The van der Waals surface area contributed by atoms with E-state index in [9.17, 15) is 14.4 Å². The van der Waals surface area contributed by atoms with E-state index in [-0.39, 0.29) is 18.8 Å². The number of ether oxygens (including phenoxy) is 2. The zero-order valence-electron chi connectivity index (χ0n) is 14.7. The summed E-state index contributed by atoms with van der Waals surface area (Å²) in [5.74, 6) is -0.689. The summed E-state index contributed by atoms with van der Waals surface area (Å²) in [6.07, 6.45) is -0.218. The lowest BCUT2D eigenvalue weighted by Gasteiger charge is -2.15. The molecule has 1 amide bonds. The highest BCUT2D eigenvalue weighted by atomic mass is 16.5. The third-order valence-corrected chi connectivity index (χ3v) is 3.76. The first-order valence-corrected chi connectivity index (χ1v) is 8.14. The van der Waals surface area contributed by atoms with Crippen LogP contribution in [0.1, 0.15) is 29.3 Å². The van der Waals surface area contributed by atoms with Crippen LogP contribution in [-0.2, 0) is 20.9 Å². The number of ketones is 1. The number of nitrogens with one attached hydrogen (secondary N) is 1. The number of amides is 1. The summed E-state index contributed by atoms with van der Waals surface area (Å²) in [5.41, 5.74) is 1.22. The van der Waals surface area contributed by atoms with Gasteiger partial charge in [0.2, 0.25) is 0 Å². The van der Waals surface area contributed by atoms with Gasteiger partial charge in [-0.3, -0.25) is 14.4 Å². The van der Waals surface area contributed by atoms with E-state index in [1.165, 1.54) is 14.0 Å². The number of benzene rings is 2. The summed E-state index contributed by atoms with van der Waals surface area (Å²) in [4.78, 5) is 36.0. The lowest BCUT2D eigenvalue weighted by atomic mass is 10.1. The van der Waals surface area contributed by atoms with Gasteiger partial charge in [0.05, 0.1) is 19.6 Å². The van der Waals surface area contributed by atoms with E-state index in [1.54, 1.807) is 24.3 Å². The van der Waals surface area contributed by atoms with E-state index in [1.807, 2.05) is 30.3 Å². The molecule has 0 bridgehead atoms.